The van der Waals surface area contributed by atoms with Crippen LogP contribution in [0.1, 0.15) is 50.6 Å². The Hall–Kier alpha value is -4.71. The van der Waals surface area contributed by atoms with Crippen molar-refractivity contribution in [3.63, 3.8) is 0 Å². The maximum Gasteiger partial charge on any atom is 0.341 e. The number of carbonyl (C=O) groups is 3. The maximum atomic E-state index is 14.0. The molecule has 0 fully saturated rings. The van der Waals surface area contributed by atoms with Crippen LogP contribution < -0.4 is 0 Å². The van der Waals surface area contributed by atoms with Gasteiger partial charge < -0.3 is 13.9 Å². The Bertz CT molecular complexity index is 1630. The molecule has 0 aliphatic heterocycles. The van der Waals surface area contributed by atoms with Crippen molar-refractivity contribution in [2.75, 3.05) is 13.2 Å². The summed E-state index contributed by atoms with van der Waals surface area (Å²) >= 11 is 0. The molecule has 3 aromatic carbocycles. The lowest BCUT2D eigenvalue weighted by atomic mass is 9.99. The van der Waals surface area contributed by atoms with Crippen molar-refractivity contribution in [2.45, 2.75) is 13.8 Å². The third kappa shape index (κ3) is 4.27. The molecule has 2 aromatic heterocycles. The van der Waals surface area contributed by atoms with Crippen LogP contribution in [-0.4, -0.2) is 35.3 Å². The van der Waals surface area contributed by atoms with Crippen molar-refractivity contribution in [1.29, 1.82) is 0 Å². The fourth-order valence-electron chi connectivity index (χ4n) is 4.62. The van der Waals surface area contributed by atoms with Crippen LogP contribution >= 0.6 is 0 Å². The van der Waals surface area contributed by atoms with Gasteiger partial charge in [0.05, 0.1) is 18.7 Å². The molecule has 0 atom stereocenters. The number of carbonyl (C=O) groups excluding carboxylic acids is 3. The number of rotatable bonds is 7. The van der Waals surface area contributed by atoms with Crippen molar-refractivity contribution in [3.8, 4) is 11.1 Å². The van der Waals surface area contributed by atoms with Crippen LogP contribution in [0.3, 0.4) is 0 Å². The quantitative estimate of drug-likeness (QED) is 0.196. The lowest BCUT2D eigenvalue weighted by Gasteiger charge is -2.08. The van der Waals surface area contributed by atoms with E-state index in [0.29, 0.717) is 11.1 Å². The van der Waals surface area contributed by atoms with Crippen LogP contribution in [0.5, 0.6) is 0 Å². The second-order valence-electron chi connectivity index (χ2n) is 8.43. The van der Waals surface area contributed by atoms with Crippen LogP contribution in [0.2, 0.25) is 0 Å². The van der Waals surface area contributed by atoms with E-state index < -0.39 is 17.7 Å². The molecule has 0 aliphatic carbocycles. The summed E-state index contributed by atoms with van der Waals surface area (Å²) in [6, 6.07) is 26.4. The van der Waals surface area contributed by atoms with Crippen LogP contribution in [0, 0.1) is 0 Å². The lowest BCUT2D eigenvalue weighted by Crippen LogP contribution is -2.16. The molecule has 2 heterocycles. The van der Waals surface area contributed by atoms with E-state index in [-0.39, 0.29) is 30.0 Å². The first-order valence-electron chi connectivity index (χ1n) is 12.1. The minimum Gasteiger partial charge on any atom is -0.462 e. The molecule has 0 spiro atoms. The van der Waals surface area contributed by atoms with E-state index in [4.69, 9.17) is 9.47 Å². The molecule has 0 saturated carbocycles. The second-order valence-corrected chi connectivity index (χ2v) is 8.43. The summed E-state index contributed by atoms with van der Waals surface area (Å²) in [4.78, 5) is 40.5. The summed E-state index contributed by atoms with van der Waals surface area (Å²) in [7, 11) is 0. The Labute approximate surface area is 214 Å². The predicted molar refractivity (Wildman–Crippen MR) is 142 cm³/mol. The number of hydrogen-bond donors (Lipinski definition) is 0. The van der Waals surface area contributed by atoms with Gasteiger partial charge >= 0.3 is 11.9 Å². The van der Waals surface area contributed by atoms with Gasteiger partial charge in [0, 0.05) is 17.1 Å². The number of aromatic nitrogens is 1. The summed E-state index contributed by atoms with van der Waals surface area (Å²) in [5.41, 5.74) is 2.81. The minimum absolute atomic E-state index is 0.0290. The molecule has 184 valence electrons. The molecule has 0 amide bonds. The van der Waals surface area contributed by atoms with Gasteiger partial charge in [-0.25, -0.2) is 9.59 Å². The molecule has 37 heavy (non-hydrogen) atoms. The highest BCUT2D eigenvalue weighted by molar-refractivity contribution is 6.22. The first-order chi connectivity index (χ1) is 18.0. The van der Waals surface area contributed by atoms with E-state index in [9.17, 15) is 14.4 Å². The molecular weight excluding hydrogens is 466 g/mol. The van der Waals surface area contributed by atoms with Gasteiger partial charge in [-0.3, -0.25) is 4.79 Å². The van der Waals surface area contributed by atoms with Crippen LogP contribution in [-0.2, 0) is 9.47 Å². The molecular formula is C31H25NO5. The van der Waals surface area contributed by atoms with Crippen molar-refractivity contribution in [2.24, 2.45) is 0 Å². The smallest absolute Gasteiger partial charge is 0.341 e. The average Bonchev–Trinajstić information content (AvgIpc) is 3.29. The summed E-state index contributed by atoms with van der Waals surface area (Å²) in [5.74, 6) is -1.83. The summed E-state index contributed by atoms with van der Waals surface area (Å²) in [5, 5.41) is 1.58. The minimum atomic E-state index is -0.748. The number of hydrogen-bond acceptors (Lipinski definition) is 5. The van der Waals surface area contributed by atoms with E-state index in [2.05, 4.69) is 0 Å². The zero-order valence-corrected chi connectivity index (χ0v) is 20.6. The Kier molecular flexibility index (Phi) is 6.56. The van der Waals surface area contributed by atoms with Gasteiger partial charge in [0.1, 0.15) is 16.8 Å². The third-order valence-corrected chi connectivity index (χ3v) is 6.25. The number of benzene rings is 3. The number of pyridine rings is 1. The fourth-order valence-corrected chi connectivity index (χ4v) is 4.62. The number of nitrogens with zero attached hydrogens (tertiary/aromatic N) is 1. The number of ketones is 1. The summed E-state index contributed by atoms with van der Waals surface area (Å²) in [6.45, 7) is 3.58. The van der Waals surface area contributed by atoms with Crippen LogP contribution in [0.4, 0.5) is 0 Å². The highest BCUT2D eigenvalue weighted by atomic mass is 16.5. The highest BCUT2D eigenvalue weighted by Gasteiger charge is 2.34. The number of esters is 2. The first-order valence-corrected chi connectivity index (χ1v) is 12.1. The van der Waals surface area contributed by atoms with Gasteiger partial charge in [-0.15, -0.1) is 0 Å². The van der Waals surface area contributed by atoms with E-state index in [1.54, 1.807) is 36.6 Å². The number of ether oxygens (including phenoxy) is 2. The van der Waals surface area contributed by atoms with E-state index in [1.807, 2.05) is 72.8 Å². The van der Waals surface area contributed by atoms with Gasteiger partial charge in [0.15, 0.2) is 0 Å². The van der Waals surface area contributed by atoms with Crippen LogP contribution in [0.25, 0.3) is 27.4 Å². The maximum absolute atomic E-state index is 14.0. The molecule has 6 heteroatoms. The second kappa shape index (κ2) is 10.1. The lowest BCUT2D eigenvalue weighted by molar-refractivity contribution is 0.0480. The molecule has 5 rings (SSSR count). The van der Waals surface area contributed by atoms with Crippen molar-refractivity contribution >= 4 is 34.0 Å². The standard InChI is InChI=1S/C31H25NO5/c1-3-36-30(34)25-26(31(35)37-4-2)28(32-19-18-22-12-8-9-13-24(22)27(25)32)29(33)23-16-14-21(15-17-23)20-10-6-5-7-11-20/h5-19H,3-4H2,1-2H3. The van der Waals surface area contributed by atoms with Gasteiger partial charge in [-0.05, 0) is 36.4 Å². The fraction of sp³-hybridized carbons (Fsp3) is 0.129. The van der Waals surface area contributed by atoms with E-state index in [1.165, 1.54) is 0 Å². The summed E-state index contributed by atoms with van der Waals surface area (Å²) in [6.07, 6.45) is 1.70. The normalized spacial score (nSPS) is 11.0. The molecule has 5 aromatic rings. The summed E-state index contributed by atoms with van der Waals surface area (Å²) < 4.78 is 12.3. The average molecular weight is 492 g/mol. The molecule has 0 unspecified atom stereocenters. The monoisotopic (exact) mass is 491 g/mol. The molecule has 0 radical (unpaired) electrons. The predicted octanol–water partition coefficient (Wildman–Crippen LogP) is 6.34. The zero-order valence-electron chi connectivity index (χ0n) is 20.6. The Morgan fingerprint density at radius 1 is 0.676 bits per heavy atom. The Morgan fingerprint density at radius 3 is 1.95 bits per heavy atom. The third-order valence-electron chi connectivity index (χ3n) is 6.25. The van der Waals surface area contributed by atoms with E-state index in [0.717, 1.165) is 21.9 Å². The Morgan fingerprint density at radius 2 is 1.27 bits per heavy atom. The first kappa shape index (κ1) is 24.0. The highest BCUT2D eigenvalue weighted by Crippen LogP contribution is 2.33. The molecule has 0 bridgehead atoms. The Balaban J connectivity index is 1.76. The largest absolute Gasteiger partial charge is 0.462 e. The zero-order chi connectivity index (χ0) is 25.9. The number of fused-ring (bicyclic) bond motifs is 3. The van der Waals surface area contributed by atoms with Gasteiger partial charge in [0.25, 0.3) is 0 Å². The van der Waals surface area contributed by atoms with Crippen molar-refractivity contribution < 1.29 is 23.9 Å². The van der Waals surface area contributed by atoms with Crippen molar-refractivity contribution in [3.05, 3.63) is 114 Å². The SMILES string of the molecule is CCOC(=O)c1c(C(=O)OCC)c2c3ccccc3ccn2c1C(=O)c1ccc(-c2ccccc2)cc1. The van der Waals surface area contributed by atoms with Crippen molar-refractivity contribution in [1.82, 2.24) is 4.40 Å². The van der Waals surface area contributed by atoms with Gasteiger partial charge in [0.2, 0.25) is 5.78 Å². The molecule has 6 nitrogen and oxygen atoms in total. The topological polar surface area (TPSA) is 74.1 Å². The molecule has 0 N–H and O–H groups in total. The van der Waals surface area contributed by atoms with Gasteiger partial charge in [-0.1, -0.05) is 78.9 Å². The van der Waals surface area contributed by atoms with E-state index >= 15 is 0 Å². The molecule has 0 aliphatic rings. The van der Waals surface area contributed by atoms with Crippen LogP contribution in [0.15, 0.2) is 91.1 Å². The molecule has 0 saturated heterocycles. The van der Waals surface area contributed by atoms with Gasteiger partial charge in [-0.2, -0.15) is 0 Å².